The minimum absolute atomic E-state index is 0.157. The van der Waals surface area contributed by atoms with Crippen LogP contribution in [0.4, 0.5) is 0 Å². The summed E-state index contributed by atoms with van der Waals surface area (Å²) in [5.74, 6) is 0.157. The number of carbonyl (C=O) groups is 1. The van der Waals surface area contributed by atoms with E-state index in [-0.39, 0.29) is 5.78 Å². The molecular weight excluding hydrogens is 230 g/mol. The molecule has 1 aromatic rings. The van der Waals surface area contributed by atoms with E-state index in [1.165, 1.54) is 0 Å². The molecule has 0 spiro atoms. The first kappa shape index (κ1) is 10.4. The Hall–Kier alpha value is -0.670. The van der Waals surface area contributed by atoms with Gasteiger partial charge in [0.25, 0.3) is 0 Å². The van der Waals surface area contributed by atoms with Crippen LogP contribution in [0.15, 0.2) is 22.7 Å². The Morgan fingerprint density at radius 3 is 2.69 bits per heavy atom. The minimum atomic E-state index is 0.157. The van der Waals surface area contributed by atoms with E-state index in [9.17, 15) is 4.79 Å². The molecule has 0 atom stereocenters. The highest BCUT2D eigenvalue weighted by Crippen LogP contribution is 2.18. The summed E-state index contributed by atoms with van der Waals surface area (Å²) in [7, 11) is 0. The van der Waals surface area contributed by atoms with Crippen LogP contribution in [0.1, 0.15) is 29.3 Å². The third-order valence-corrected chi connectivity index (χ3v) is 2.65. The molecule has 2 nitrogen and oxygen atoms in total. The Bertz CT molecular complexity index is 323. The van der Waals surface area contributed by atoms with Crippen LogP contribution in [-0.4, -0.2) is 5.78 Å². The average Bonchev–Trinajstić information content (AvgIpc) is 2.16. The number of rotatable bonds is 3. The highest BCUT2D eigenvalue weighted by molar-refractivity contribution is 9.10. The summed E-state index contributed by atoms with van der Waals surface area (Å²) in [6.45, 7) is 2.34. The predicted octanol–water partition coefficient (Wildman–Crippen LogP) is 2.50. The van der Waals surface area contributed by atoms with Crippen LogP contribution in [0.5, 0.6) is 0 Å². The second-order valence-electron chi connectivity index (χ2n) is 2.79. The first-order valence-electron chi connectivity index (χ1n) is 4.20. The average molecular weight is 242 g/mol. The van der Waals surface area contributed by atoms with Crippen molar-refractivity contribution in [2.75, 3.05) is 0 Å². The Balaban J connectivity index is 3.02. The smallest absolute Gasteiger partial charge is 0.162 e. The van der Waals surface area contributed by atoms with Crippen molar-refractivity contribution in [3.05, 3.63) is 33.8 Å². The number of halogens is 1. The quantitative estimate of drug-likeness (QED) is 0.827. The summed E-state index contributed by atoms with van der Waals surface area (Å²) in [5, 5.41) is 0. The van der Waals surface area contributed by atoms with E-state index < -0.39 is 0 Å². The third kappa shape index (κ3) is 2.39. The zero-order valence-electron chi connectivity index (χ0n) is 7.51. The van der Waals surface area contributed by atoms with E-state index in [2.05, 4.69) is 15.9 Å². The lowest BCUT2D eigenvalue weighted by Gasteiger charge is -2.03. The Morgan fingerprint density at radius 2 is 2.23 bits per heavy atom. The van der Waals surface area contributed by atoms with Gasteiger partial charge in [0.15, 0.2) is 5.78 Å². The van der Waals surface area contributed by atoms with Gasteiger partial charge in [0.2, 0.25) is 0 Å². The zero-order valence-corrected chi connectivity index (χ0v) is 9.10. The number of hydrogen-bond acceptors (Lipinski definition) is 2. The number of benzene rings is 1. The molecule has 0 unspecified atom stereocenters. The first-order chi connectivity index (χ1) is 6.19. The zero-order chi connectivity index (χ0) is 9.84. The molecule has 0 heterocycles. The van der Waals surface area contributed by atoms with Crippen molar-refractivity contribution in [1.29, 1.82) is 0 Å². The molecule has 70 valence electrons. The van der Waals surface area contributed by atoms with Gasteiger partial charge in [-0.1, -0.05) is 35.0 Å². The molecule has 2 N–H and O–H groups in total. The van der Waals surface area contributed by atoms with Crippen molar-refractivity contribution in [3.63, 3.8) is 0 Å². The fourth-order valence-corrected chi connectivity index (χ4v) is 1.63. The maximum absolute atomic E-state index is 11.3. The van der Waals surface area contributed by atoms with Crippen LogP contribution < -0.4 is 5.73 Å². The van der Waals surface area contributed by atoms with Crippen LogP contribution in [-0.2, 0) is 6.54 Å². The summed E-state index contributed by atoms with van der Waals surface area (Å²) in [6.07, 6.45) is 0.536. The van der Waals surface area contributed by atoms with Crippen LogP contribution in [0.25, 0.3) is 0 Å². The molecule has 0 saturated heterocycles. The van der Waals surface area contributed by atoms with Crippen molar-refractivity contribution >= 4 is 21.7 Å². The molecule has 0 radical (unpaired) electrons. The molecule has 0 bridgehead atoms. The molecule has 0 saturated carbocycles. The Kier molecular flexibility index (Phi) is 3.63. The van der Waals surface area contributed by atoms with E-state index in [1.54, 1.807) is 0 Å². The topological polar surface area (TPSA) is 43.1 Å². The van der Waals surface area contributed by atoms with E-state index in [0.717, 1.165) is 15.6 Å². The lowest BCUT2D eigenvalue weighted by Crippen LogP contribution is -2.01. The largest absolute Gasteiger partial charge is 0.326 e. The number of hydrogen-bond donors (Lipinski definition) is 1. The molecule has 0 aromatic heterocycles. The van der Waals surface area contributed by atoms with Crippen molar-refractivity contribution < 1.29 is 4.79 Å². The van der Waals surface area contributed by atoms with Gasteiger partial charge in [-0.05, 0) is 11.6 Å². The first-order valence-corrected chi connectivity index (χ1v) is 5.00. The van der Waals surface area contributed by atoms with Gasteiger partial charge < -0.3 is 5.73 Å². The highest BCUT2D eigenvalue weighted by atomic mass is 79.9. The van der Waals surface area contributed by atoms with Gasteiger partial charge in [0.1, 0.15) is 0 Å². The molecule has 1 aromatic carbocycles. The summed E-state index contributed by atoms with van der Waals surface area (Å²) in [6, 6.07) is 5.53. The third-order valence-electron chi connectivity index (χ3n) is 1.92. The summed E-state index contributed by atoms with van der Waals surface area (Å²) >= 11 is 3.37. The van der Waals surface area contributed by atoms with E-state index in [4.69, 9.17) is 5.73 Å². The Morgan fingerprint density at radius 1 is 1.54 bits per heavy atom. The number of carbonyl (C=O) groups excluding carboxylic acids is 1. The van der Waals surface area contributed by atoms with Crippen molar-refractivity contribution in [2.45, 2.75) is 19.9 Å². The van der Waals surface area contributed by atoms with Gasteiger partial charge in [-0.15, -0.1) is 0 Å². The van der Waals surface area contributed by atoms with E-state index in [1.807, 2.05) is 25.1 Å². The molecule has 13 heavy (non-hydrogen) atoms. The monoisotopic (exact) mass is 241 g/mol. The molecule has 3 heteroatoms. The second kappa shape index (κ2) is 4.53. The van der Waals surface area contributed by atoms with Gasteiger partial charge in [0, 0.05) is 23.0 Å². The summed E-state index contributed by atoms with van der Waals surface area (Å²) in [4.78, 5) is 11.3. The minimum Gasteiger partial charge on any atom is -0.326 e. The number of Topliss-reactive ketones (excluding diaryl/α,β-unsaturated/α-hetero) is 1. The number of ketones is 1. The van der Waals surface area contributed by atoms with Gasteiger partial charge in [-0.2, -0.15) is 0 Å². The molecule has 1 rings (SSSR count). The van der Waals surface area contributed by atoms with Crippen LogP contribution in [0.3, 0.4) is 0 Å². The highest BCUT2D eigenvalue weighted by Gasteiger charge is 2.05. The summed E-state index contributed by atoms with van der Waals surface area (Å²) in [5.41, 5.74) is 7.26. The van der Waals surface area contributed by atoms with Gasteiger partial charge in [-0.25, -0.2) is 0 Å². The maximum Gasteiger partial charge on any atom is 0.162 e. The molecular formula is C10H12BrNO. The lowest BCUT2D eigenvalue weighted by molar-refractivity contribution is 0.0988. The fourth-order valence-electron chi connectivity index (χ4n) is 1.09. The standard InChI is InChI=1S/C10H12BrNO/c1-2-10(13)7-3-4-8(6-12)9(11)5-7/h3-5H,2,6,12H2,1H3. The van der Waals surface area contributed by atoms with E-state index in [0.29, 0.717) is 13.0 Å². The van der Waals surface area contributed by atoms with Crippen molar-refractivity contribution in [1.82, 2.24) is 0 Å². The molecule has 0 aliphatic heterocycles. The Labute approximate surface area is 86.3 Å². The van der Waals surface area contributed by atoms with Crippen molar-refractivity contribution in [3.8, 4) is 0 Å². The summed E-state index contributed by atoms with van der Waals surface area (Å²) < 4.78 is 0.911. The molecule has 0 aliphatic rings. The van der Waals surface area contributed by atoms with Gasteiger partial charge in [-0.3, -0.25) is 4.79 Å². The SMILES string of the molecule is CCC(=O)c1ccc(CN)c(Br)c1. The lowest BCUT2D eigenvalue weighted by atomic mass is 10.1. The van der Waals surface area contributed by atoms with Gasteiger partial charge >= 0.3 is 0 Å². The normalized spacial score (nSPS) is 10.1. The van der Waals surface area contributed by atoms with Crippen LogP contribution in [0.2, 0.25) is 0 Å². The van der Waals surface area contributed by atoms with Crippen LogP contribution >= 0.6 is 15.9 Å². The van der Waals surface area contributed by atoms with E-state index >= 15 is 0 Å². The molecule has 0 fully saturated rings. The second-order valence-corrected chi connectivity index (χ2v) is 3.64. The fraction of sp³-hybridized carbons (Fsp3) is 0.300. The number of nitrogens with two attached hydrogens (primary N) is 1. The van der Waals surface area contributed by atoms with Crippen molar-refractivity contribution in [2.24, 2.45) is 5.73 Å². The molecule has 0 aliphatic carbocycles. The van der Waals surface area contributed by atoms with Crippen LogP contribution in [0, 0.1) is 0 Å². The maximum atomic E-state index is 11.3. The molecule has 0 amide bonds. The van der Waals surface area contributed by atoms with Gasteiger partial charge in [0.05, 0.1) is 0 Å². The predicted molar refractivity (Wildman–Crippen MR) is 56.7 cm³/mol.